The minimum absolute atomic E-state index is 0.901. The van der Waals surface area contributed by atoms with Gasteiger partial charge in [0, 0.05) is 43.6 Å². The van der Waals surface area contributed by atoms with Crippen LogP contribution in [0, 0.1) is 6.92 Å². The number of fused-ring (bicyclic) bond motifs is 1. The molecule has 0 atom stereocenters. The molecule has 0 bridgehead atoms. The Morgan fingerprint density at radius 1 is 0.676 bits per heavy atom. The van der Waals surface area contributed by atoms with Gasteiger partial charge in [-0.05, 0) is 111 Å². The van der Waals surface area contributed by atoms with Crippen LogP contribution < -0.4 is 14.8 Å². The van der Waals surface area contributed by atoms with Crippen LogP contribution in [0.1, 0.15) is 62.4 Å². The fraction of sp³-hybridized carbons (Fsp3) is 0.324. The highest BCUT2D eigenvalue weighted by Gasteiger charge is 2.23. The van der Waals surface area contributed by atoms with Gasteiger partial charge in [0.05, 0.1) is 5.56 Å². The van der Waals surface area contributed by atoms with E-state index in [9.17, 15) is 0 Å². The van der Waals surface area contributed by atoms with Gasteiger partial charge in [0.25, 0.3) is 0 Å². The summed E-state index contributed by atoms with van der Waals surface area (Å²) in [4.78, 5) is 8.36. The van der Waals surface area contributed by atoms with Crippen LogP contribution >= 0.6 is 0 Å². The van der Waals surface area contributed by atoms with E-state index in [4.69, 9.17) is 0 Å². The molecule has 0 aromatic heterocycles. The first-order valence-electron chi connectivity index (χ1n) is 13.9. The van der Waals surface area contributed by atoms with E-state index in [2.05, 4.69) is 135 Å². The van der Waals surface area contributed by atoms with Crippen molar-refractivity contribution in [2.45, 2.75) is 41.5 Å². The molecule has 1 aliphatic rings. The number of aryl methyl sites for hydroxylation is 1. The average Bonchev–Trinajstić information content (AvgIpc) is 2.93. The summed E-state index contributed by atoms with van der Waals surface area (Å²) in [6, 6.07) is 24.9. The Morgan fingerprint density at radius 2 is 1.27 bits per heavy atom. The zero-order chi connectivity index (χ0) is 26.4. The summed E-state index contributed by atoms with van der Waals surface area (Å²) >= 11 is 0. The Balaban J connectivity index is 1.96. The number of nitrogens with one attached hydrogen (secondary N) is 1. The highest BCUT2D eigenvalue weighted by molar-refractivity contribution is 6.17. The first-order valence-corrected chi connectivity index (χ1v) is 13.9. The molecule has 0 fully saturated rings. The minimum Gasteiger partial charge on any atom is -0.372 e. The van der Waals surface area contributed by atoms with E-state index in [1.54, 1.807) is 0 Å². The predicted octanol–water partition coefficient (Wildman–Crippen LogP) is 6.11. The van der Waals surface area contributed by atoms with Crippen molar-refractivity contribution in [1.29, 1.82) is 0 Å². The smallest absolute Gasteiger partial charge is 0.206 e. The standard InChI is InChI=1S/C34H41N3/c1-7-35-33-23-22-32(30-14-12-13-15-31(30)33)34(26-16-18-27(19-17-26)36(8-2)9-3)29-21-20-28(24-25(29)6)37(10-4)11-5/h12-24H,7-11H2,1-6H3/p+1/b34-32+,35-33?. The Labute approximate surface area is 223 Å². The van der Waals surface area contributed by atoms with Crippen LogP contribution in [0.3, 0.4) is 0 Å². The van der Waals surface area contributed by atoms with Crippen molar-refractivity contribution in [1.82, 2.24) is 0 Å². The van der Waals surface area contributed by atoms with Gasteiger partial charge in [-0.15, -0.1) is 0 Å². The molecule has 0 heterocycles. The molecule has 1 N–H and O–H groups in total. The number of anilines is 2. The molecule has 4 rings (SSSR count). The SMILES string of the molecule is CC[NH+]=C1C=C/C(=C(/c2ccc(N(CC)CC)cc2)c2ccc(N(CC)CC)cc2C)c2ccccc21. The molecular formula is C34H42N3+. The minimum atomic E-state index is 0.901. The van der Waals surface area contributed by atoms with Crippen LogP contribution in [0.4, 0.5) is 11.4 Å². The van der Waals surface area contributed by atoms with Gasteiger partial charge in [0.15, 0.2) is 0 Å². The van der Waals surface area contributed by atoms with Crippen LogP contribution in [0.5, 0.6) is 0 Å². The maximum Gasteiger partial charge on any atom is 0.206 e. The van der Waals surface area contributed by atoms with Crippen LogP contribution in [0.25, 0.3) is 11.1 Å². The van der Waals surface area contributed by atoms with E-state index in [-0.39, 0.29) is 0 Å². The fourth-order valence-electron chi connectivity index (χ4n) is 5.46. The third-order valence-electron chi connectivity index (χ3n) is 7.45. The van der Waals surface area contributed by atoms with Crippen molar-refractivity contribution in [2.75, 3.05) is 42.5 Å². The van der Waals surface area contributed by atoms with Gasteiger partial charge in [0.1, 0.15) is 6.54 Å². The molecule has 3 nitrogen and oxygen atoms in total. The number of benzene rings is 3. The second-order valence-corrected chi connectivity index (χ2v) is 9.50. The maximum atomic E-state index is 3.55. The topological polar surface area (TPSA) is 20.5 Å². The number of nitrogens with zero attached hydrogens (tertiary/aromatic N) is 2. The molecular weight excluding hydrogens is 450 g/mol. The largest absolute Gasteiger partial charge is 0.372 e. The second-order valence-electron chi connectivity index (χ2n) is 9.50. The monoisotopic (exact) mass is 492 g/mol. The molecule has 0 radical (unpaired) electrons. The molecule has 0 saturated carbocycles. The van der Waals surface area contributed by atoms with Gasteiger partial charge in [-0.1, -0.05) is 36.4 Å². The van der Waals surface area contributed by atoms with Gasteiger partial charge in [-0.3, -0.25) is 0 Å². The lowest BCUT2D eigenvalue weighted by molar-refractivity contribution is -0.450. The summed E-state index contributed by atoms with van der Waals surface area (Å²) in [6.45, 7) is 18.2. The lowest BCUT2D eigenvalue weighted by Crippen LogP contribution is -2.72. The van der Waals surface area contributed by atoms with E-state index in [0.717, 1.165) is 32.7 Å². The van der Waals surface area contributed by atoms with Crippen LogP contribution in [-0.4, -0.2) is 38.4 Å². The van der Waals surface area contributed by atoms with Crippen molar-refractivity contribution < 1.29 is 4.99 Å². The lowest BCUT2D eigenvalue weighted by Gasteiger charge is -2.25. The Hall–Kier alpha value is -3.59. The molecule has 0 spiro atoms. The molecule has 0 aliphatic heterocycles. The maximum absolute atomic E-state index is 3.55. The lowest BCUT2D eigenvalue weighted by atomic mass is 9.82. The van der Waals surface area contributed by atoms with E-state index in [1.165, 1.54) is 56.0 Å². The summed E-state index contributed by atoms with van der Waals surface area (Å²) in [5.74, 6) is 0. The average molecular weight is 493 g/mol. The molecule has 1 aliphatic carbocycles. The molecule has 0 amide bonds. The number of rotatable bonds is 9. The van der Waals surface area contributed by atoms with Crippen LogP contribution in [0.15, 0.2) is 78.9 Å². The fourth-order valence-corrected chi connectivity index (χ4v) is 5.46. The number of allylic oxidation sites excluding steroid dienone is 3. The summed E-state index contributed by atoms with van der Waals surface area (Å²) in [5.41, 5.74) is 12.7. The zero-order valence-corrected chi connectivity index (χ0v) is 23.4. The van der Waals surface area contributed by atoms with Gasteiger partial charge in [0.2, 0.25) is 5.71 Å². The normalized spacial score (nSPS) is 15.0. The van der Waals surface area contributed by atoms with Gasteiger partial charge < -0.3 is 9.80 Å². The van der Waals surface area contributed by atoms with E-state index >= 15 is 0 Å². The highest BCUT2D eigenvalue weighted by Crippen LogP contribution is 2.39. The summed E-state index contributed by atoms with van der Waals surface area (Å²) in [5, 5.41) is 0. The number of hydrogen-bond acceptors (Lipinski definition) is 2. The Morgan fingerprint density at radius 3 is 1.86 bits per heavy atom. The third kappa shape index (κ3) is 5.41. The quantitative estimate of drug-likeness (QED) is 0.389. The molecule has 3 heteroatoms. The van der Waals surface area contributed by atoms with Gasteiger partial charge >= 0.3 is 0 Å². The second kappa shape index (κ2) is 12.1. The molecule has 192 valence electrons. The molecule has 37 heavy (non-hydrogen) atoms. The Bertz CT molecular complexity index is 1300. The van der Waals surface area contributed by atoms with Crippen molar-refractivity contribution in [3.05, 3.63) is 107 Å². The van der Waals surface area contributed by atoms with Crippen molar-refractivity contribution in [2.24, 2.45) is 0 Å². The molecule has 3 aromatic carbocycles. The summed E-state index contributed by atoms with van der Waals surface area (Å²) < 4.78 is 0. The highest BCUT2D eigenvalue weighted by atomic mass is 15.1. The van der Waals surface area contributed by atoms with Gasteiger partial charge in [-0.25, -0.2) is 4.99 Å². The van der Waals surface area contributed by atoms with E-state index < -0.39 is 0 Å². The van der Waals surface area contributed by atoms with Crippen molar-refractivity contribution in [3.8, 4) is 0 Å². The summed E-state index contributed by atoms with van der Waals surface area (Å²) in [7, 11) is 0. The van der Waals surface area contributed by atoms with E-state index in [1.807, 2.05) is 0 Å². The first-order chi connectivity index (χ1) is 18.1. The number of hydrogen-bond donors (Lipinski definition) is 1. The third-order valence-corrected chi connectivity index (χ3v) is 7.45. The van der Waals surface area contributed by atoms with Crippen LogP contribution in [-0.2, 0) is 0 Å². The summed E-state index contributed by atoms with van der Waals surface area (Å²) in [6.07, 6.45) is 4.54. The first kappa shape index (κ1) is 26.5. The van der Waals surface area contributed by atoms with Crippen molar-refractivity contribution in [3.63, 3.8) is 0 Å². The van der Waals surface area contributed by atoms with Crippen molar-refractivity contribution >= 4 is 28.2 Å². The van der Waals surface area contributed by atoms with Crippen LogP contribution in [0.2, 0.25) is 0 Å². The van der Waals surface area contributed by atoms with Gasteiger partial charge in [-0.2, -0.15) is 0 Å². The Kier molecular flexibility index (Phi) is 8.66. The molecule has 0 saturated heterocycles. The molecule has 3 aromatic rings. The predicted molar refractivity (Wildman–Crippen MR) is 162 cm³/mol. The zero-order valence-electron chi connectivity index (χ0n) is 23.4. The molecule has 0 unspecified atom stereocenters. The van der Waals surface area contributed by atoms with E-state index in [0.29, 0.717) is 0 Å².